The highest BCUT2D eigenvalue weighted by Crippen LogP contribution is 2.18. The average molecular weight is 319 g/mol. The molecule has 118 valence electrons. The van der Waals surface area contributed by atoms with Crippen molar-refractivity contribution >= 4 is 21.9 Å². The molecule has 0 fully saturated rings. The quantitative estimate of drug-likeness (QED) is 0.645. The summed E-state index contributed by atoms with van der Waals surface area (Å²) in [5.74, 6) is -1.86. The van der Waals surface area contributed by atoms with Gasteiger partial charge in [-0.3, -0.25) is 9.59 Å². The molecule has 0 aromatic carbocycles. The predicted octanol–water partition coefficient (Wildman–Crippen LogP) is -0.452. The highest BCUT2D eigenvalue weighted by Gasteiger charge is 2.29. The summed E-state index contributed by atoms with van der Waals surface area (Å²) in [6.45, 7) is 5.48. The first-order valence-electron chi connectivity index (χ1n) is 6.04. The fraction of sp³-hybridized carbons (Fsp3) is 0.545. The van der Waals surface area contributed by atoms with E-state index in [1.54, 1.807) is 0 Å². The lowest BCUT2D eigenvalue weighted by atomic mass is 10.3. The maximum atomic E-state index is 12.2. The number of aromatic nitrogens is 1. The van der Waals surface area contributed by atoms with Crippen LogP contribution in [-0.4, -0.2) is 42.6 Å². The van der Waals surface area contributed by atoms with Gasteiger partial charge in [-0.1, -0.05) is 5.16 Å². The molecule has 1 aromatic heterocycles. The molecule has 2 atom stereocenters. The van der Waals surface area contributed by atoms with E-state index in [0.29, 0.717) is 0 Å². The van der Waals surface area contributed by atoms with Crippen LogP contribution in [0.25, 0.3) is 0 Å². The zero-order valence-electron chi connectivity index (χ0n) is 12.0. The van der Waals surface area contributed by atoms with Gasteiger partial charge in [0.15, 0.2) is 5.76 Å². The number of aliphatic carboxylic acids is 1. The third-order valence-electron chi connectivity index (χ3n) is 2.69. The lowest BCUT2D eigenvalue weighted by Crippen LogP contribution is -2.49. The minimum atomic E-state index is -3.99. The highest BCUT2D eigenvalue weighted by molar-refractivity contribution is 7.89. The number of hydrogen-bond acceptors (Lipinski definition) is 6. The fourth-order valence-electron chi connectivity index (χ4n) is 1.60. The van der Waals surface area contributed by atoms with Crippen LogP contribution in [0.1, 0.15) is 25.3 Å². The molecular formula is C11H17N3O6S. The summed E-state index contributed by atoms with van der Waals surface area (Å²) in [6.07, 6.45) is 0. The van der Waals surface area contributed by atoms with Crippen LogP contribution in [-0.2, 0) is 19.6 Å². The third kappa shape index (κ3) is 4.02. The largest absolute Gasteiger partial charge is 0.480 e. The Balaban J connectivity index is 2.85. The van der Waals surface area contributed by atoms with E-state index in [4.69, 9.17) is 9.63 Å². The summed E-state index contributed by atoms with van der Waals surface area (Å²) in [7, 11) is -3.99. The molecule has 1 amide bonds. The normalized spacial score (nSPS) is 14.5. The Morgan fingerprint density at radius 1 is 1.24 bits per heavy atom. The SMILES string of the molecule is Cc1noc(C)c1S(=O)(=O)NC(C)C(=O)N[C@@H](C)C(=O)O. The lowest BCUT2D eigenvalue weighted by Gasteiger charge is -2.16. The smallest absolute Gasteiger partial charge is 0.325 e. The van der Waals surface area contributed by atoms with E-state index in [1.165, 1.54) is 27.7 Å². The number of nitrogens with one attached hydrogen (secondary N) is 2. The van der Waals surface area contributed by atoms with Crippen LogP contribution in [0, 0.1) is 13.8 Å². The summed E-state index contributed by atoms with van der Waals surface area (Å²) in [4.78, 5) is 22.2. The van der Waals surface area contributed by atoms with Gasteiger partial charge in [0.25, 0.3) is 0 Å². The van der Waals surface area contributed by atoms with E-state index in [-0.39, 0.29) is 16.3 Å². The average Bonchev–Trinajstić information content (AvgIpc) is 2.68. The molecule has 0 spiro atoms. The van der Waals surface area contributed by atoms with Crippen molar-refractivity contribution in [3.8, 4) is 0 Å². The Labute approximate surface area is 121 Å². The number of aryl methyl sites for hydroxylation is 2. The first-order valence-corrected chi connectivity index (χ1v) is 7.53. The van der Waals surface area contributed by atoms with E-state index in [9.17, 15) is 18.0 Å². The zero-order valence-corrected chi connectivity index (χ0v) is 12.8. The minimum Gasteiger partial charge on any atom is -0.480 e. The molecule has 0 bridgehead atoms. The Bertz CT molecular complexity index is 631. The fourth-order valence-corrected chi connectivity index (χ4v) is 3.14. The van der Waals surface area contributed by atoms with Crippen molar-refractivity contribution in [1.82, 2.24) is 15.2 Å². The van der Waals surface area contributed by atoms with Crippen LogP contribution in [0.3, 0.4) is 0 Å². The van der Waals surface area contributed by atoms with Crippen molar-refractivity contribution in [3.05, 3.63) is 11.5 Å². The Morgan fingerprint density at radius 2 is 1.81 bits per heavy atom. The maximum absolute atomic E-state index is 12.2. The summed E-state index contributed by atoms with van der Waals surface area (Å²) < 4.78 is 31.2. The van der Waals surface area contributed by atoms with Crippen LogP contribution in [0.15, 0.2) is 9.42 Å². The number of carboxylic acid groups (broad SMARTS) is 1. The molecule has 0 saturated heterocycles. The lowest BCUT2D eigenvalue weighted by molar-refractivity contribution is -0.141. The topological polar surface area (TPSA) is 139 Å². The van der Waals surface area contributed by atoms with Crippen LogP contribution in [0.4, 0.5) is 0 Å². The number of hydrogen-bond donors (Lipinski definition) is 3. The van der Waals surface area contributed by atoms with Gasteiger partial charge in [-0.05, 0) is 27.7 Å². The van der Waals surface area contributed by atoms with Gasteiger partial charge in [-0.2, -0.15) is 4.72 Å². The van der Waals surface area contributed by atoms with Crippen LogP contribution in [0.2, 0.25) is 0 Å². The minimum absolute atomic E-state index is 0.103. The molecule has 3 N–H and O–H groups in total. The summed E-state index contributed by atoms with van der Waals surface area (Å²) in [5, 5.41) is 14.4. The van der Waals surface area contributed by atoms with Gasteiger partial charge in [-0.15, -0.1) is 0 Å². The van der Waals surface area contributed by atoms with Crippen molar-refractivity contribution in [3.63, 3.8) is 0 Å². The number of carbonyl (C=O) groups is 2. The van der Waals surface area contributed by atoms with E-state index in [0.717, 1.165) is 0 Å². The third-order valence-corrected chi connectivity index (χ3v) is 4.48. The molecular weight excluding hydrogens is 302 g/mol. The number of nitrogens with zero attached hydrogens (tertiary/aromatic N) is 1. The second kappa shape index (κ2) is 6.22. The van der Waals surface area contributed by atoms with E-state index >= 15 is 0 Å². The molecule has 1 unspecified atom stereocenters. The van der Waals surface area contributed by atoms with Crippen molar-refractivity contribution in [2.24, 2.45) is 0 Å². The van der Waals surface area contributed by atoms with Gasteiger partial charge in [-0.25, -0.2) is 8.42 Å². The van der Waals surface area contributed by atoms with E-state index < -0.39 is 34.0 Å². The molecule has 0 saturated carbocycles. The standard InChI is InChI=1S/C11H17N3O6S/c1-5-9(8(4)20-13-5)21(18,19)14-6(2)10(15)12-7(3)11(16)17/h6-7,14H,1-4H3,(H,12,15)(H,16,17)/t6?,7-/m0/s1. The maximum Gasteiger partial charge on any atom is 0.325 e. The number of amides is 1. The number of carboxylic acids is 1. The predicted molar refractivity (Wildman–Crippen MR) is 71.0 cm³/mol. The summed E-state index contributed by atoms with van der Waals surface area (Å²) in [6, 6.07) is -2.27. The molecule has 0 aliphatic heterocycles. The molecule has 9 nitrogen and oxygen atoms in total. The second-order valence-corrected chi connectivity index (χ2v) is 6.22. The number of sulfonamides is 1. The summed E-state index contributed by atoms with van der Waals surface area (Å²) >= 11 is 0. The van der Waals surface area contributed by atoms with Crippen LogP contribution in [0.5, 0.6) is 0 Å². The van der Waals surface area contributed by atoms with Gasteiger partial charge in [0.1, 0.15) is 16.6 Å². The van der Waals surface area contributed by atoms with Crippen molar-refractivity contribution < 1.29 is 27.6 Å². The molecule has 0 aliphatic carbocycles. The molecule has 1 aromatic rings. The number of carbonyl (C=O) groups excluding carboxylic acids is 1. The van der Waals surface area contributed by atoms with E-state index in [2.05, 4.69) is 15.2 Å². The van der Waals surface area contributed by atoms with E-state index in [1.807, 2.05) is 0 Å². The number of rotatable bonds is 6. The van der Waals surface area contributed by atoms with Crippen LogP contribution < -0.4 is 10.0 Å². The van der Waals surface area contributed by atoms with Crippen molar-refractivity contribution in [2.45, 2.75) is 44.7 Å². The molecule has 1 heterocycles. The van der Waals surface area contributed by atoms with Gasteiger partial charge in [0.05, 0.1) is 6.04 Å². The van der Waals surface area contributed by atoms with Gasteiger partial charge >= 0.3 is 5.97 Å². The Hall–Kier alpha value is -1.94. The molecule has 1 rings (SSSR count). The monoisotopic (exact) mass is 319 g/mol. The molecule has 21 heavy (non-hydrogen) atoms. The van der Waals surface area contributed by atoms with Gasteiger partial charge in [0.2, 0.25) is 15.9 Å². The first-order chi connectivity index (χ1) is 9.56. The van der Waals surface area contributed by atoms with Crippen LogP contribution >= 0.6 is 0 Å². The highest BCUT2D eigenvalue weighted by atomic mass is 32.2. The molecule has 0 aliphatic rings. The zero-order chi connectivity index (χ0) is 16.4. The first kappa shape index (κ1) is 17.1. The van der Waals surface area contributed by atoms with Gasteiger partial charge < -0.3 is 14.9 Å². The van der Waals surface area contributed by atoms with Crippen molar-refractivity contribution in [1.29, 1.82) is 0 Å². The van der Waals surface area contributed by atoms with Gasteiger partial charge in [0, 0.05) is 0 Å². The molecule has 0 radical (unpaired) electrons. The summed E-state index contributed by atoms with van der Waals surface area (Å²) in [5.41, 5.74) is 0.173. The molecule has 10 heteroatoms. The Morgan fingerprint density at radius 3 is 2.24 bits per heavy atom. The Kier molecular flexibility index (Phi) is 5.07. The second-order valence-electron chi connectivity index (χ2n) is 4.56. The van der Waals surface area contributed by atoms with Crippen molar-refractivity contribution in [2.75, 3.05) is 0 Å².